The molecule has 0 radical (unpaired) electrons. The Bertz CT molecular complexity index is 615. The van der Waals surface area contributed by atoms with Crippen molar-refractivity contribution in [2.45, 2.75) is 51.5 Å². The van der Waals surface area contributed by atoms with Crippen molar-refractivity contribution in [2.75, 3.05) is 5.32 Å². The van der Waals surface area contributed by atoms with Crippen molar-refractivity contribution in [3.05, 3.63) is 48.3 Å². The van der Waals surface area contributed by atoms with Gasteiger partial charge in [-0.2, -0.15) is 5.10 Å². The molecular formula is C19H25N3O. The van der Waals surface area contributed by atoms with E-state index in [2.05, 4.69) is 34.7 Å². The lowest BCUT2D eigenvalue weighted by atomic mass is 10.0. The van der Waals surface area contributed by atoms with E-state index in [1.54, 1.807) is 6.20 Å². The summed E-state index contributed by atoms with van der Waals surface area (Å²) in [6.45, 7) is 0.821. The quantitative estimate of drug-likeness (QED) is 0.839. The highest BCUT2D eigenvalue weighted by Gasteiger charge is 2.16. The summed E-state index contributed by atoms with van der Waals surface area (Å²) in [7, 11) is 0. The predicted octanol–water partition coefficient (Wildman–Crippen LogP) is 4.03. The van der Waals surface area contributed by atoms with Gasteiger partial charge in [-0.05, 0) is 24.3 Å². The first-order valence-electron chi connectivity index (χ1n) is 8.66. The van der Waals surface area contributed by atoms with Crippen LogP contribution in [0.4, 0.5) is 5.69 Å². The van der Waals surface area contributed by atoms with Crippen LogP contribution in [-0.2, 0) is 17.8 Å². The number of carbonyl (C=O) groups excluding carboxylic acids is 1. The maximum atomic E-state index is 12.0. The van der Waals surface area contributed by atoms with Crippen LogP contribution in [0.1, 0.15) is 44.1 Å². The number of rotatable bonds is 7. The van der Waals surface area contributed by atoms with E-state index in [0.717, 1.165) is 31.0 Å². The predicted molar refractivity (Wildman–Crippen MR) is 92.2 cm³/mol. The zero-order chi connectivity index (χ0) is 15.9. The molecule has 1 N–H and O–H groups in total. The van der Waals surface area contributed by atoms with Crippen LogP contribution < -0.4 is 5.32 Å². The highest BCUT2D eigenvalue weighted by Crippen LogP contribution is 2.28. The summed E-state index contributed by atoms with van der Waals surface area (Å²) in [6.07, 6.45) is 11.5. The molecule has 0 bridgehead atoms. The van der Waals surface area contributed by atoms with Crippen molar-refractivity contribution >= 4 is 11.6 Å². The average Bonchev–Trinajstić information content (AvgIpc) is 3.24. The van der Waals surface area contributed by atoms with E-state index in [1.807, 2.05) is 16.9 Å². The van der Waals surface area contributed by atoms with Crippen molar-refractivity contribution < 1.29 is 4.79 Å². The lowest BCUT2D eigenvalue weighted by Crippen LogP contribution is -2.12. The number of hydrogen-bond donors (Lipinski definition) is 1. The average molecular weight is 311 g/mol. The fourth-order valence-corrected chi connectivity index (χ4v) is 3.30. The van der Waals surface area contributed by atoms with E-state index in [9.17, 15) is 4.79 Å². The van der Waals surface area contributed by atoms with Crippen LogP contribution in [0.5, 0.6) is 0 Å². The van der Waals surface area contributed by atoms with E-state index in [1.165, 1.54) is 31.2 Å². The Morgan fingerprint density at radius 2 is 2.00 bits per heavy atom. The third kappa shape index (κ3) is 4.95. The van der Waals surface area contributed by atoms with Crippen LogP contribution in [0.25, 0.3) is 0 Å². The highest BCUT2D eigenvalue weighted by atomic mass is 16.1. The van der Waals surface area contributed by atoms with E-state index in [0.29, 0.717) is 6.42 Å². The number of anilines is 1. The van der Waals surface area contributed by atoms with Gasteiger partial charge >= 0.3 is 0 Å². The fourth-order valence-electron chi connectivity index (χ4n) is 3.30. The first-order chi connectivity index (χ1) is 11.3. The molecule has 1 aromatic carbocycles. The highest BCUT2D eigenvalue weighted by molar-refractivity contribution is 5.90. The number of benzene rings is 1. The number of nitrogens with one attached hydrogen (secondary N) is 1. The number of amides is 1. The maximum absolute atomic E-state index is 12.0. The van der Waals surface area contributed by atoms with Gasteiger partial charge < -0.3 is 5.32 Å². The van der Waals surface area contributed by atoms with Crippen LogP contribution in [0.3, 0.4) is 0 Å². The minimum absolute atomic E-state index is 0.111. The molecule has 3 rings (SSSR count). The summed E-state index contributed by atoms with van der Waals surface area (Å²) in [5.41, 5.74) is 2.10. The first kappa shape index (κ1) is 15.8. The molecule has 0 aliphatic heterocycles. The van der Waals surface area contributed by atoms with E-state index < -0.39 is 0 Å². The molecule has 1 fully saturated rings. The molecule has 0 unspecified atom stereocenters. The molecule has 0 spiro atoms. The number of aromatic nitrogens is 2. The number of aryl methyl sites for hydroxylation is 2. The Labute approximate surface area is 137 Å². The van der Waals surface area contributed by atoms with Gasteiger partial charge in [-0.15, -0.1) is 0 Å². The van der Waals surface area contributed by atoms with Gasteiger partial charge in [0.2, 0.25) is 5.91 Å². The van der Waals surface area contributed by atoms with Crippen molar-refractivity contribution in [1.29, 1.82) is 0 Å². The molecule has 122 valence electrons. The van der Waals surface area contributed by atoms with E-state index >= 15 is 0 Å². The van der Waals surface area contributed by atoms with Gasteiger partial charge in [0.1, 0.15) is 0 Å². The molecule has 0 atom stereocenters. The molecule has 23 heavy (non-hydrogen) atoms. The van der Waals surface area contributed by atoms with Gasteiger partial charge in [-0.3, -0.25) is 9.48 Å². The van der Waals surface area contributed by atoms with Gasteiger partial charge in [0.15, 0.2) is 0 Å². The van der Waals surface area contributed by atoms with Crippen molar-refractivity contribution in [1.82, 2.24) is 9.78 Å². The van der Waals surface area contributed by atoms with Crippen LogP contribution in [0.15, 0.2) is 42.7 Å². The molecular weight excluding hydrogens is 286 g/mol. The Kier molecular flexibility index (Phi) is 5.46. The van der Waals surface area contributed by atoms with Crippen molar-refractivity contribution in [3.8, 4) is 0 Å². The van der Waals surface area contributed by atoms with Gasteiger partial charge in [0.25, 0.3) is 0 Å². The molecule has 4 nitrogen and oxygen atoms in total. The van der Waals surface area contributed by atoms with Gasteiger partial charge in [0, 0.05) is 19.2 Å². The Morgan fingerprint density at radius 3 is 2.78 bits per heavy atom. The SMILES string of the molecule is O=C(CCC1CCCC1)Nc1cnn(CCc2ccccc2)c1. The molecule has 2 aromatic rings. The third-order valence-electron chi connectivity index (χ3n) is 4.64. The van der Waals surface area contributed by atoms with Crippen molar-refractivity contribution in [2.24, 2.45) is 5.92 Å². The van der Waals surface area contributed by atoms with Crippen molar-refractivity contribution in [3.63, 3.8) is 0 Å². The topological polar surface area (TPSA) is 46.9 Å². The van der Waals surface area contributed by atoms with Crippen LogP contribution in [0.2, 0.25) is 0 Å². The Balaban J connectivity index is 1.42. The summed E-state index contributed by atoms with van der Waals surface area (Å²) < 4.78 is 1.89. The molecule has 0 saturated heterocycles. The van der Waals surface area contributed by atoms with E-state index in [-0.39, 0.29) is 5.91 Å². The monoisotopic (exact) mass is 311 g/mol. The summed E-state index contributed by atoms with van der Waals surface area (Å²) in [4.78, 5) is 12.0. The molecule has 1 heterocycles. The summed E-state index contributed by atoms with van der Waals surface area (Å²) in [6, 6.07) is 10.4. The number of hydrogen-bond acceptors (Lipinski definition) is 2. The summed E-state index contributed by atoms with van der Waals surface area (Å²) >= 11 is 0. The van der Waals surface area contributed by atoms with Crippen LogP contribution >= 0.6 is 0 Å². The normalized spacial score (nSPS) is 15.0. The fraction of sp³-hybridized carbons (Fsp3) is 0.474. The summed E-state index contributed by atoms with van der Waals surface area (Å²) in [5.74, 6) is 0.869. The van der Waals surface area contributed by atoms with Gasteiger partial charge in [-0.25, -0.2) is 0 Å². The number of carbonyl (C=O) groups is 1. The Hall–Kier alpha value is -2.10. The zero-order valence-corrected chi connectivity index (χ0v) is 13.6. The lowest BCUT2D eigenvalue weighted by Gasteiger charge is -2.08. The van der Waals surface area contributed by atoms with Crippen LogP contribution in [-0.4, -0.2) is 15.7 Å². The minimum atomic E-state index is 0.111. The molecule has 1 amide bonds. The van der Waals surface area contributed by atoms with Gasteiger partial charge in [-0.1, -0.05) is 56.0 Å². The second kappa shape index (κ2) is 7.95. The smallest absolute Gasteiger partial charge is 0.224 e. The molecule has 1 saturated carbocycles. The Morgan fingerprint density at radius 1 is 1.22 bits per heavy atom. The second-order valence-corrected chi connectivity index (χ2v) is 6.47. The lowest BCUT2D eigenvalue weighted by molar-refractivity contribution is -0.116. The minimum Gasteiger partial charge on any atom is -0.323 e. The second-order valence-electron chi connectivity index (χ2n) is 6.47. The number of nitrogens with zero attached hydrogens (tertiary/aromatic N) is 2. The molecule has 1 aliphatic rings. The molecule has 1 aromatic heterocycles. The van der Waals surface area contributed by atoms with Crippen LogP contribution in [0, 0.1) is 5.92 Å². The zero-order valence-electron chi connectivity index (χ0n) is 13.6. The third-order valence-corrected chi connectivity index (χ3v) is 4.64. The first-order valence-corrected chi connectivity index (χ1v) is 8.66. The summed E-state index contributed by atoms with van der Waals surface area (Å²) in [5, 5.41) is 7.29. The van der Waals surface area contributed by atoms with E-state index in [4.69, 9.17) is 0 Å². The molecule has 1 aliphatic carbocycles. The standard InChI is InChI=1S/C19H25N3O/c23-19(11-10-16-8-4-5-9-16)21-18-14-20-22(15-18)13-12-17-6-2-1-3-7-17/h1-3,6-7,14-16H,4-5,8-13H2,(H,21,23). The largest absolute Gasteiger partial charge is 0.323 e. The van der Waals surface area contributed by atoms with Gasteiger partial charge in [0.05, 0.1) is 11.9 Å². The maximum Gasteiger partial charge on any atom is 0.224 e. The molecule has 4 heteroatoms.